The molecule has 3 aromatic carbocycles. The number of ether oxygens (including phenoxy) is 4. The number of esters is 3. The first kappa shape index (κ1) is 47.8. The van der Waals surface area contributed by atoms with Gasteiger partial charge in [0.2, 0.25) is 0 Å². The third-order valence-electron chi connectivity index (χ3n) is 10.6. The van der Waals surface area contributed by atoms with Crippen molar-refractivity contribution in [3.8, 4) is 0 Å². The Labute approximate surface area is 358 Å². The standard InChI is InChI=1S/C46H61NO9S2Si/c1-12-23-35(30-52-59(10,11)46(7,8)9)57-44-40(55-43(50)34-28-21-16-22-29-34)39(54-42(49)33-26-19-15-20-27-33)38(53-41(48)32-24-17-14-18-25-32)37(56-44)36(31(3)13-2)47-58(51)45(4,5)6/h12-22,24-29,31,35-40,44,47H,1-2,23,30H2,3-11H3/t31?,35?,36-,37-,38+,39+,40-,44-,58-/m1/s1. The van der Waals surface area contributed by atoms with Crippen molar-refractivity contribution >= 4 is 49.0 Å². The highest BCUT2D eigenvalue weighted by molar-refractivity contribution is 8.00. The lowest BCUT2D eigenvalue weighted by Gasteiger charge is -2.48. The number of benzene rings is 3. The molecule has 1 aliphatic rings. The molecule has 1 saturated heterocycles. The van der Waals surface area contributed by atoms with E-state index in [1.165, 1.54) is 11.8 Å². The Morgan fingerprint density at radius 2 is 1.22 bits per heavy atom. The highest BCUT2D eigenvalue weighted by atomic mass is 32.2. The molecule has 1 aliphatic heterocycles. The number of nitrogens with one attached hydrogen (secondary N) is 1. The zero-order valence-corrected chi connectivity index (χ0v) is 38.4. The molecule has 0 amide bonds. The molecule has 0 spiro atoms. The summed E-state index contributed by atoms with van der Waals surface area (Å²) in [5, 5.41) is -0.322. The number of thioether (sulfide) groups is 1. The number of rotatable bonds is 18. The van der Waals surface area contributed by atoms with Gasteiger partial charge in [0.15, 0.2) is 26.6 Å². The summed E-state index contributed by atoms with van der Waals surface area (Å²) in [5.74, 6) is -2.57. The first-order valence-electron chi connectivity index (χ1n) is 19.9. The normalized spacial score (nSPS) is 21.9. The van der Waals surface area contributed by atoms with Crippen LogP contribution in [0.1, 0.15) is 86.0 Å². The minimum absolute atomic E-state index is 0.0639. The van der Waals surface area contributed by atoms with Crippen molar-refractivity contribution in [2.24, 2.45) is 5.92 Å². The van der Waals surface area contributed by atoms with Crippen molar-refractivity contribution in [3.05, 3.63) is 133 Å². The highest BCUT2D eigenvalue weighted by Crippen LogP contribution is 2.41. The summed E-state index contributed by atoms with van der Waals surface area (Å²) >= 11 is 1.36. The molecule has 0 aromatic heterocycles. The minimum Gasteiger partial charge on any atom is -0.452 e. The van der Waals surface area contributed by atoms with E-state index in [4.69, 9.17) is 23.4 Å². The molecule has 0 bridgehead atoms. The van der Waals surface area contributed by atoms with E-state index in [1.807, 2.05) is 27.7 Å². The zero-order valence-electron chi connectivity index (χ0n) is 35.8. The second-order valence-corrected chi connectivity index (χ2v) is 25.4. The summed E-state index contributed by atoms with van der Waals surface area (Å²) in [6.07, 6.45) is -1.26. The molecule has 0 radical (unpaired) electrons. The van der Waals surface area contributed by atoms with Gasteiger partial charge in [-0.2, -0.15) is 0 Å². The Bertz CT molecular complexity index is 1880. The van der Waals surface area contributed by atoms with Crippen LogP contribution in [0.3, 0.4) is 0 Å². The zero-order chi connectivity index (χ0) is 43.5. The molecule has 1 heterocycles. The minimum atomic E-state index is -2.23. The number of carbonyl (C=O) groups is 3. The van der Waals surface area contributed by atoms with Gasteiger partial charge >= 0.3 is 17.9 Å². The van der Waals surface area contributed by atoms with Gasteiger partial charge in [0.25, 0.3) is 0 Å². The van der Waals surface area contributed by atoms with Gasteiger partial charge in [0.05, 0.1) is 38.5 Å². The number of allylic oxidation sites excluding steroid dienone is 1. The molecule has 1 N–H and O–H groups in total. The molecule has 0 aliphatic carbocycles. The van der Waals surface area contributed by atoms with Gasteiger partial charge in [-0.15, -0.1) is 24.9 Å². The first-order valence-corrected chi connectivity index (χ1v) is 24.9. The van der Waals surface area contributed by atoms with E-state index < -0.39 is 83.8 Å². The fourth-order valence-electron chi connectivity index (χ4n) is 5.90. The van der Waals surface area contributed by atoms with Gasteiger partial charge in [-0.3, -0.25) is 0 Å². The summed E-state index contributed by atoms with van der Waals surface area (Å²) in [4.78, 5) is 42.4. The molecule has 3 aromatic rings. The maximum absolute atomic E-state index is 14.2. The van der Waals surface area contributed by atoms with Crippen molar-refractivity contribution in [1.82, 2.24) is 4.72 Å². The Morgan fingerprint density at radius 1 is 0.780 bits per heavy atom. The highest BCUT2D eigenvalue weighted by Gasteiger charge is 2.56. The quantitative estimate of drug-likeness (QED) is 0.0573. The predicted molar refractivity (Wildman–Crippen MR) is 239 cm³/mol. The maximum atomic E-state index is 14.2. The molecule has 13 heteroatoms. The molecular formula is C46H61NO9S2Si. The molecule has 9 atom stereocenters. The van der Waals surface area contributed by atoms with Crippen LogP contribution in [-0.4, -0.2) is 82.9 Å². The number of carbonyl (C=O) groups excluding carboxylic acids is 3. The van der Waals surface area contributed by atoms with E-state index in [0.717, 1.165) is 0 Å². The number of hydrogen-bond donors (Lipinski definition) is 1. The van der Waals surface area contributed by atoms with Gasteiger partial charge in [0, 0.05) is 11.9 Å². The maximum Gasteiger partial charge on any atom is 0.338 e. The van der Waals surface area contributed by atoms with Crippen LogP contribution in [0, 0.1) is 5.92 Å². The molecule has 2 unspecified atom stereocenters. The largest absolute Gasteiger partial charge is 0.452 e. The van der Waals surface area contributed by atoms with Crippen molar-refractivity contribution in [1.29, 1.82) is 0 Å². The number of hydrogen-bond acceptors (Lipinski definition) is 10. The van der Waals surface area contributed by atoms with Crippen LogP contribution in [0.5, 0.6) is 0 Å². The molecule has 320 valence electrons. The summed E-state index contributed by atoms with van der Waals surface area (Å²) in [5.41, 5.74) is -0.294. The summed E-state index contributed by atoms with van der Waals surface area (Å²) in [6.45, 7) is 26.6. The Kier molecular flexibility index (Phi) is 17.1. The van der Waals surface area contributed by atoms with Gasteiger partial charge in [0.1, 0.15) is 11.5 Å². The fourth-order valence-corrected chi connectivity index (χ4v) is 9.35. The predicted octanol–water partition coefficient (Wildman–Crippen LogP) is 9.33. The second kappa shape index (κ2) is 21.1. The summed E-state index contributed by atoms with van der Waals surface area (Å²) in [6, 6.07) is 24.5. The van der Waals surface area contributed by atoms with Crippen LogP contribution in [0.2, 0.25) is 18.1 Å². The van der Waals surface area contributed by atoms with E-state index in [-0.39, 0.29) is 27.0 Å². The van der Waals surface area contributed by atoms with E-state index in [2.05, 4.69) is 51.7 Å². The van der Waals surface area contributed by atoms with Crippen LogP contribution in [0.15, 0.2) is 116 Å². The van der Waals surface area contributed by atoms with Crippen LogP contribution in [0.25, 0.3) is 0 Å². The Balaban J connectivity index is 1.95. The monoisotopic (exact) mass is 863 g/mol. The van der Waals surface area contributed by atoms with Gasteiger partial charge < -0.3 is 23.4 Å². The van der Waals surface area contributed by atoms with Gasteiger partial charge in [-0.1, -0.05) is 94.4 Å². The lowest BCUT2D eigenvalue weighted by molar-refractivity contribution is -0.207. The van der Waals surface area contributed by atoms with Crippen molar-refractivity contribution in [2.45, 2.75) is 119 Å². The average Bonchev–Trinajstić information content (AvgIpc) is 3.20. The molecule has 1 fully saturated rings. The summed E-state index contributed by atoms with van der Waals surface area (Å²) in [7, 11) is -3.87. The van der Waals surface area contributed by atoms with E-state index >= 15 is 0 Å². The van der Waals surface area contributed by atoms with Crippen LogP contribution >= 0.6 is 11.8 Å². The third kappa shape index (κ3) is 13.1. The van der Waals surface area contributed by atoms with Gasteiger partial charge in [-0.25, -0.2) is 23.3 Å². The van der Waals surface area contributed by atoms with Crippen LogP contribution in [-0.2, 0) is 34.4 Å². The first-order chi connectivity index (χ1) is 27.8. The average molecular weight is 864 g/mol. The van der Waals surface area contributed by atoms with E-state index in [9.17, 15) is 18.6 Å². The third-order valence-corrected chi connectivity index (χ3v) is 18.0. The lowest BCUT2D eigenvalue weighted by Crippen LogP contribution is -2.66. The molecule has 59 heavy (non-hydrogen) atoms. The SMILES string of the molecule is C=CCC(CO[Si](C)(C)C(C)(C)C)S[C@H]1O[C@H]([C@H](N[S@](=O)C(C)(C)C)C(C)C=C)[C@H](OC(=O)c2ccccc2)[C@H](OC(=O)c2ccccc2)[C@H]1OC(=O)c1ccccc1. The molecule has 10 nitrogen and oxygen atoms in total. The smallest absolute Gasteiger partial charge is 0.338 e. The molecule has 4 rings (SSSR count). The molecule has 0 saturated carbocycles. The van der Waals surface area contributed by atoms with Crippen LogP contribution < -0.4 is 4.72 Å². The Hall–Kier alpha value is -3.85. The molecular weight excluding hydrogens is 803 g/mol. The topological polar surface area (TPSA) is 126 Å². The summed E-state index contributed by atoms with van der Waals surface area (Å²) < 4.78 is 49.4. The van der Waals surface area contributed by atoms with E-state index in [1.54, 1.807) is 103 Å². The second-order valence-electron chi connectivity index (χ2n) is 17.2. The van der Waals surface area contributed by atoms with E-state index in [0.29, 0.717) is 13.0 Å². The fraction of sp³-hybridized carbons (Fsp3) is 0.457. The van der Waals surface area contributed by atoms with Gasteiger partial charge in [-0.05, 0) is 87.6 Å². The van der Waals surface area contributed by atoms with Crippen molar-refractivity contribution in [2.75, 3.05) is 6.61 Å². The Morgan fingerprint density at radius 3 is 1.63 bits per heavy atom. The lowest BCUT2D eigenvalue weighted by atomic mass is 9.88. The van der Waals surface area contributed by atoms with Crippen molar-refractivity contribution < 1.29 is 42.0 Å². The van der Waals surface area contributed by atoms with Crippen molar-refractivity contribution in [3.63, 3.8) is 0 Å². The van der Waals surface area contributed by atoms with Crippen LogP contribution in [0.4, 0.5) is 0 Å².